The third kappa shape index (κ3) is 4.51. The summed E-state index contributed by atoms with van der Waals surface area (Å²) in [5.74, 6) is -0.493. The zero-order valence-corrected chi connectivity index (χ0v) is 18.3. The molecule has 1 aromatic heterocycles. The van der Waals surface area contributed by atoms with Gasteiger partial charge in [-0.05, 0) is 62.1 Å². The lowest BCUT2D eigenvalue weighted by atomic mass is 10.0. The van der Waals surface area contributed by atoms with Crippen LogP contribution in [0.4, 0.5) is 0 Å². The predicted molar refractivity (Wildman–Crippen MR) is 122 cm³/mol. The maximum atomic E-state index is 11.6. The number of benzene rings is 2. The largest absolute Gasteiger partial charge is 0.383 e. The third-order valence-corrected chi connectivity index (χ3v) is 6.53. The van der Waals surface area contributed by atoms with E-state index in [-0.39, 0.29) is 0 Å². The Balaban J connectivity index is 1.57. The van der Waals surface area contributed by atoms with Gasteiger partial charge in [-0.15, -0.1) is 0 Å². The van der Waals surface area contributed by atoms with Gasteiger partial charge < -0.3 is 9.30 Å². The van der Waals surface area contributed by atoms with E-state index in [0.29, 0.717) is 11.6 Å². The van der Waals surface area contributed by atoms with Crippen LogP contribution in [0.5, 0.6) is 0 Å². The Morgan fingerprint density at radius 1 is 1.16 bits per heavy atom. The molecule has 0 aliphatic carbocycles. The molecule has 0 spiro atoms. The zero-order chi connectivity index (χ0) is 21.8. The summed E-state index contributed by atoms with van der Waals surface area (Å²) in [7, 11) is 1.79. The summed E-state index contributed by atoms with van der Waals surface area (Å²) in [6.45, 7) is 6.15. The van der Waals surface area contributed by atoms with Crippen molar-refractivity contribution in [3.05, 3.63) is 70.9 Å². The predicted octanol–water partition coefficient (Wildman–Crippen LogP) is 3.77. The molecule has 164 valence electrons. The first-order valence-electron chi connectivity index (χ1n) is 11.0. The van der Waals surface area contributed by atoms with E-state index in [4.69, 9.17) is 9.94 Å². The number of methoxy groups -OCH3 is 1. The minimum Gasteiger partial charge on any atom is -0.383 e. The summed E-state index contributed by atoms with van der Waals surface area (Å²) in [5.41, 5.74) is 7.15. The van der Waals surface area contributed by atoms with Crippen LogP contribution >= 0.6 is 0 Å². The van der Waals surface area contributed by atoms with Crippen LogP contribution in [0.15, 0.2) is 48.5 Å². The Hall–Kier alpha value is -2.67. The molecule has 6 heteroatoms. The van der Waals surface area contributed by atoms with E-state index in [9.17, 15) is 4.79 Å². The Kier molecular flexibility index (Phi) is 6.70. The molecule has 1 aliphatic heterocycles. The molecule has 3 aromatic rings. The molecule has 6 nitrogen and oxygen atoms in total. The molecule has 2 heterocycles. The second-order valence-corrected chi connectivity index (χ2v) is 8.33. The first-order chi connectivity index (χ1) is 15.1. The molecular formula is C25H31N3O3. The van der Waals surface area contributed by atoms with Crippen LogP contribution in [0, 0.1) is 6.92 Å². The van der Waals surface area contributed by atoms with Crippen molar-refractivity contribution in [1.82, 2.24) is 14.9 Å². The summed E-state index contributed by atoms with van der Waals surface area (Å²) in [4.78, 5) is 14.1. The molecule has 1 fully saturated rings. The van der Waals surface area contributed by atoms with Gasteiger partial charge in [0, 0.05) is 48.4 Å². The summed E-state index contributed by atoms with van der Waals surface area (Å²) >= 11 is 0. The summed E-state index contributed by atoms with van der Waals surface area (Å²) < 4.78 is 7.86. The number of ether oxygens (including phenoxy) is 1. The molecule has 1 saturated heterocycles. The number of nitrogens with zero attached hydrogens (tertiary/aromatic N) is 2. The smallest absolute Gasteiger partial charge is 0.274 e. The van der Waals surface area contributed by atoms with Gasteiger partial charge >= 0.3 is 0 Å². The van der Waals surface area contributed by atoms with Crippen molar-refractivity contribution < 1.29 is 14.7 Å². The first kappa shape index (κ1) is 21.6. The lowest BCUT2D eigenvalue weighted by Crippen LogP contribution is -2.35. The van der Waals surface area contributed by atoms with Crippen molar-refractivity contribution in [2.24, 2.45) is 0 Å². The van der Waals surface area contributed by atoms with Crippen LogP contribution in [0.2, 0.25) is 0 Å². The van der Waals surface area contributed by atoms with Crippen molar-refractivity contribution in [2.75, 3.05) is 26.8 Å². The Morgan fingerprint density at radius 3 is 2.68 bits per heavy atom. The number of hydrogen-bond donors (Lipinski definition) is 2. The summed E-state index contributed by atoms with van der Waals surface area (Å²) in [6.07, 6.45) is 3.26. The number of nitrogens with one attached hydrogen (secondary N) is 1. The lowest BCUT2D eigenvalue weighted by Gasteiger charge is -2.24. The Morgan fingerprint density at radius 2 is 1.94 bits per heavy atom. The molecule has 0 unspecified atom stereocenters. The van der Waals surface area contributed by atoms with Gasteiger partial charge in [0.25, 0.3) is 5.91 Å². The van der Waals surface area contributed by atoms with Crippen LogP contribution < -0.4 is 5.48 Å². The fraction of sp³-hybridized carbons (Fsp3) is 0.400. The zero-order valence-electron chi connectivity index (χ0n) is 18.3. The number of rotatable bonds is 8. The van der Waals surface area contributed by atoms with Gasteiger partial charge in [-0.2, -0.15) is 0 Å². The highest BCUT2D eigenvalue weighted by Gasteiger charge is 2.24. The van der Waals surface area contributed by atoms with Gasteiger partial charge in [-0.25, -0.2) is 5.48 Å². The molecule has 1 atom stereocenters. The minimum absolute atomic E-state index is 0.446. The Labute approximate surface area is 183 Å². The number of hydrogen-bond acceptors (Lipinski definition) is 4. The van der Waals surface area contributed by atoms with Gasteiger partial charge in [0.15, 0.2) is 0 Å². The van der Waals surface area contributed by atoms with Crippen molar-refractivity contribution in [3.63, 3.8) is 0 Å². The van der Waals surface area contributed by atoms with E-state index in [2.05, 4.69) is 40.7 Å². The van der Waals surface area contributed by atoms with Crippen LogP contribution in [-0.4, -0.2) is 53.4 Å². The average molecular weight is 422 g/mol. The first-order valence-corrected chi connectivity index (χ1v) is 11.0. The molecule has 2 N–H and O–H groups in total. The van der Waals surface area contributed by atoms with E-state index in [1.807, 2.05) is 12.1 Å². The molecule has 2 aromatic carbocycles. The van der Waals surface area contributed by atoms with Crippen molar-refractivity contribution in [3.8, 4) is 0 Å². The molecule has 1 aliphatic rings. The number of para-hydroxylation sites is 1. The number of carbonyl (C=O) groups is 1. The Bertz CT molecular complexity index is 1040. The second kappa shape index (κ2) is 9.64. The quantitative estimate of drug-likeness (QED) is 0.429. The summed E-state index contributed by atoms with van der Waals surface area (Å²) in [6, 6.07) is 16.5. The lowest BCUT2D eigenvalue weighted by molar-refractivity contribution is 0.0706. The molecule has 0 bridgehead atoms. The van der Waals surface area contributed by atoms with Crippen LogP contribution in [0.3, 0.4) is 0 Å². The maximum Gasteiger partial charge on any atom is 0.274 e. The molecule has 0 radical (unpaired) electrons. The van der Waals surface area contributed by atoms with E-state index in [0.717, 1.165) is 38.2 Å². The van der Waals surface area contributed by atoms with Gasteiger partial charge in [-0.1, -0.05) is 30.3 Å². The number of fused-ring (bicyclic) bond motifs is 1. The average Bonchev–Trinajstić information content (AvgIpc) is 3.35. The fourth-order valence-electron chi connectivity index (χ4n) is 4.86. The van der Waals surface area contributed by atoms with E-state index >= 15 is 0 Å². The number of amides is 1. The highest BCUT2D eigenvalue weighted by molar-refractivity contribution is 5.93. The van der Waals surface area contributed by atoms with Crippen LogP contribution in [-0.2, 0) is 17.7 Å². The molecule has 1 amide bonds. The third-order valence-electron chi connectivity index (χ3n) is 6.53. The van der Waals surface area contributed by atoms with Crippen LogP contribution in [0.1, 0.15) is 40.0 Å². The minimum atomic E-state index is -0.493. The van der Waals surface area contributed by atoms with Crippen LogP contribution in [0.25, 0.3) is 10.9 Å². The molecule has 0 saturated carbocycles. The van der Waals surface area contributed by atoms with Crippen molar-refractivity contribution in [2.45, 2.75) is 38.8 Å². The van der Waals surface area contributed by atoms with E-state index in [1.165, 1.54) is 35.0 Å². The van der Waals surface area contributed by atoms with Crippen molar-refractivity contribution >= 4 is 16.8 Å². The summed E-state index contributed by atoms with van der Waals surface area (Å²) in [5, 5.41) is 10.1. The number of aromatic nitrogens is 1. The fourth-order valence-corrected chi connectivity index (χ4v) is 4.86. The monoisotopic (exact) mass is 421 g/mol. The van der Waals surface area contributed by atoms with E-state index < -0.39 is 5.91 Å². The number of likely N-dealkylation sites (tertiary alicyclic amines) is 1. The van der Waals surface area contributed by atoms with Gasteiger partial charge in [0.05, 0.1) is 6.61 Å². The van der Waals surface area contributed by atoms with Gasteiger partial charge in [-0.3, -0.25) is 14.9 Å². The van der Waals surface area contributed by atoms with Crippen molar-refractivity contribution in [1.29, 1.82) is 0 Å². The molecule has 4 rings (SSSR count). The van der Waals surface area contributed by atoms with Gasteiger partial charge in [0.1, 0.15) is 0 Å². The highest BCUT2D eigenvalue weighted by Crippen LogP contribution is 2.29. The topological polar surface area (TPSA) is 66.7 Å². The molecule has 31 heavy (non-hydrogen) atoms. The SMILES string of the molecule is COC[C@@H]1CCCN1CCn1c(C)c(Cc2ccc(C(=O)NO)cc2)c2ccccc21. The van der Waals surface area contributed by atoms with E-state index in [1.54, 1.807) is 24.7 Å². The van der Waals surface area contributed by atoms with Gasteiger partial charge in [0.2, 0.25) is 0 Å². The maximum absolute atomic E-state index is 11.6. The standard InChI is InChI=1S/C25H31N3O3/c1-18-23(16-19-9-11-20(12-10-19)25(29)26-30)22-7-3-4-8-24(22)28(18)15-14-27-13-5-6-21(27)17-31-2/h3-4,7-12,21,30H,5-6,13-17H2,1-2H3,(H,26,29)/t21-/m0/s1. The highest BCUT2D eigenvalue weighted by atomic mass is 16.5. The number of carbonyl (C=O) groups excluding carboxylic acids is 1. The normalized spacial score (nSPS) is 16.8. The molecular weight excluding hydrogens is 390 g/mol. The second-order valence-electron chi connectivity index (χ2n) is 8.33. The number of hydroxylamine groups is 1.